The van der Waals surface area contributed by atoms with Crippen LogP contribution < -0.4 is 15.1 Å². The van der Waals surface area contributed by atoms with Gasteiger partial charge < -0.3 is 20.2 Å². The fourth-order valence-electron chi connectivity index (χ4n) is 4.04. The number of aliphatic hydroxyl groups excluding tert-OH is 1. The summed E-state index contributed by atoms with van der Waals surface area (Å²) in [4.78, 5) is 29.9. The average molecular weight is 442 g/mol. The zero-order chi connectivity index (χ0) is 24.0. The number of fused-ring (bicyclic) bond motifs is 1. The fourth-order valence-corrected chi connectivity index (χ4v) is 4.04. The smallest absolute Gasteiger partial charge is 0.263 e. The highest BCUT2D eigenvalue weighted by atomic mass is 16.3. The number of nitrogens with one attached hydrogen (secondary N) is 1. The molecule has 0 fully saturated rings. The van der Waals surface area contributed by atoms with E-state index in [0.717, 1.165) is 29.2 Å². The van der Waals surface area contributed by atoms with Crippen molar-refractivity contribution < 1.29 is 14.7 Å². The lowest BCUT2D eigenvalue weighted by Crippen LogP contribution is -2.46. The Kier molecular flexibility index (Phi) is 6.12. The largest absolute Gasteiger partial charge is 0.395 e. The molecule has 1 aliphatic heterocycles. The maximum absolute atomic E-state index is 13.1. The third-order valence-corrected chi connectivity index (χ3v) is 6.09. The van der Waals surface area contributed by atoms with Gasteiger partial charge in [-0.1, -0.05) is 20.8 Å². The van der Waals surface area contributed by atoms with Gasteiger partial charge in [-0.25, -0.2) is 0 Å². The van der Waals surface area contributed by atoms with Crippen molar-refractivity contribution in [3.05, 3.63) is 29.5 Å². The second-order valence-corrected chi connectivity index (χ2v) is 9.92. The monoisotopic (exact) mass is 441 g/mol. The topological polar surface area (TPSA) is 90.7 Å². The van der Waals surface area contributed by atoms with Gasteiger partial charge in [0.25, 0.3) is 5.91 Å². The van der Waals surface area contributed by atoms with Crippen LogP contribution in [0.15, 0.2) is 18.2 Å². The van der Waals surface area contributed by atoms with Crippen molar-refractivity contribution >= 4 is 34.7 Å². The highest BCUT2D eigenvalue weighted by molar-refractivity contribution is 6.16. The second-order valence-electron chi connectivity index (χ2n) is 9.92. The van der Waals surface area contributed by atoms with E-state index >= 15 is 0 Å². The lowest BCUT2D eigenvalue weighted by Gasteiger charge is -2.30. The van der Waals surface area contributed by atoms with E-state index in [2.05, 4.69) is 28.3 Å². The van der Waals surface area contributed by atoms with Crippen molar-refractivity contribution in [2.45, 2.75) is 53.9 Å². The number of hydrogen-bond donors (Lipinski definition) is 2. The van der Waals surface area contributed by atoms with E-state index in [9.17, 15) is 14.7 Å². The van der Waals surface area contributed by atoms with E-state index in [1.54, 1.807) is 13.8 Å². The first-order valence-corrected chi connectivity index (χ1v) is 11.0. The molecule has 1 aliphatic rings. The minimum absolute atomic E-state index is 0.0934. The maximum Gasteiger partial charge on any atom is 0.263 e. The summed E-state index contributed by atoms with van der Waals surface area (Å²) in [6.07, 6.45) is 0. The zero-order valence-corrected chi connectivity index (χ0v) is 20.4. The zero-order valence-electron chi connectivity index (χ0n) is 20.4. The van der Waals surface area contributed by atoms with Crippen LogP contribution in [0.2, 0.25) is 0 Å². The van der Waals surface area contributed by atoms with Crippen molar-refractivity contribution in [3.63, 3.8) is 0 Å². The number of aryl methyl sites for hydroxylation is 1. The minimum Gasteiger partial charge on any atom is -0.395 e. The Morgan fingerprint density at radius 1 is 1.22 bits per heavy atom. The van der Waals surface area contributed by atoms with Crippen LogP contribution in [0.3, 0.4) is 0 Å². The highest BCUT2D eigenvalue weighted by Crippen LogP contribution is 2.44. The van der Waals surface area contributed by atoms with Crippen molar-refractivity contribution in [1.82, 2.24) is 9.78 Å². The van der Waals surface area contributed by atoms with E-state index in [-0.39, 0.29) is 23.8 Å². The molecule has 2 heterocycles. The Morgan fingerprint density at radius 3 is 2.41 bits per heavy atom. The number of likely N-dealkylation sites (N-methyl/N-ethyl adjacent to an activating group) is 1. The van der Waals surface area contributed by atoms with Gasteiger partial charge in [0.15, 0.2) is 5.82 Å². The number of carbonyl (C=O) groups is 2. The molecule has 174 valence electrons. The summed E-state index contributed by atoms with van der Waals surface area (Å²) in [5.41, 5.74) is 2.94. The van der Waals surface area contributed by atoms with Crippen LogP contribution in [0.1, 0.15) is 57.6 Å². The summed E-state index contributed by atoms with van der Waals surface area (Å²) in [5.74, 6) is -0.263. The van der Waals surface area contributed by atoms with Gasteiger partial charge in [0.1, 0.15) is 11.1 Å². The van der Waals surface area contributed by atoms with Gasteiger partial charge in [-0.3, -0.25) is 9.59 Å². The van der Waals surface area contributed by atoms with E-state index in [1.165, 1.54) is 4.68 Å². The van der Waals surface area contributed by atoms with Crippen LogP contribution in [-0.2, 0) is 10.2 Å². The van der Waals surface area contributed by atoms with Gasteiger partial charge in [0.05, 0.1) is 12.3 Å². The SMILES string of the molecule is CCN(CCO)c1ccc(N(C)c2c(C(C)(C)C)nn3c2NC(=O)C(C)(C)C3=O)c(C)c1. The number of carbonyl (C=O) groups excluding carboxylic acids is 2. The van der Waals surface area contributed by atoms with Crippen molar-refractivity contribution in [2.24, 2.45) is 5.41 Å². The van der Waals surface area contributed by atoms with Gasteiger partial charge >= 0.3 is 0 Å². The predicted octanol–water partition coefficient (Wildman–Crippen LogP) is 3.69. The highest BCUT2D eigenvalue weighted by Gasteiger charge is 2.46. The summed E-state index contributed by atoms with van der Waals surface area (Å²) in [6, 6.07) is 6.14. The van der Waals surface area contributed by atoms with Crippen molar-refractivity contribution in [2.75, 3.05) is 41.9 Å². The number of nitrogens with zero attached hydrogens (tertiary/aromatic N) is 4. The summed E-state index contributed by atoms with van der Waals surface area (Å²) in [6.45, 7) is 14.9. The summed E-state index contributed by atoms with van der Waals surface area (Å²) < 4.78 is 1.34. The number of aliphatic hydroxyl groups is 1. The fraction of sp³-hybridized carbons (Fsp3) is 0.542. The second kappa shape index (κ2) is 8.24. The molecule has 0 spiro atoms. The molecule has 0 atom stereocenters. The van der Waals surface area contributed by atoms with Gasteiger partial charge in [-0.2, -0.15) is 9.78 Å². The molecule has 2 N–H and O–H groups in total. The first-order chi connectivity index (χ1) is 14.8. The van der Waals surface area contributed by atoms with E-state index in [0.29, 0.717) is 18.1 Å². The Hall–Kier alpha value is -2.87. The number of rotatable bonds is 6. The Bertz CT molecular complexity index is 1050. The van der Waals surface area contributed by atoms with E-state index in [1.807, 2.05) is 51.8 Å². The number of benzene rings is 1. The molecule has 2 aromatic rings. The number of aromatic nitrogens is 2. The number of anilines is 4. The van der Waals surface area contributed by atoms with Crippen molar-refractivity contribution in [1.29, 1.82) is 0 Å². The lowest BCUT2D eigenvalue weighted by atomic mass is 9.89. The van der Waals surface area contributed by atoms with Gasteiger partial charge in [0.2, 0.25) is 5.91 Å². The average Bonchev–Trinajstić information content (AvgIpc) is 3.09. The quantitative estimate of drug-likeness (QED) is 0.665. The van der Waals surface area contributed by atoms with E-state index in [4.69, 9.17) is 0 Å². The third kappa shape index (κ3) is 3.88. The number of hydrogen-bond acceptors (Lipinski definition) is 6. The minimum atomic E-state index is -1.18. The standard InChI is InChI=1S/C24H35N5O3/c1-9-28(12-13-30)16-10-11-17(15(2)14-16)27(8)18-19(23(3,4)5)26-29-20(18)25-21(31)24(6,7)22(29)32/h10-11,14,30H,9,12-13H2,1-8H3,(H,25,31). The molecular formula is C24H35N5O3. The molecule has 0 bridgehead atoms. The molecule has 8 heteroatoms. The normalized spacial score (nSPS) is 15.4. The molecule has 3 rings (SSSR count). The molecule has 0 unspecified atom stereocenters. The molecule has 0 saturated heterocycles. The molecule has 1 aromatic carbocycles. The van der Waals surface area contributed by atoms with Crippen LogP contribution >= 0.6 is 0 Å². The lowest BCUT2D eigenvalue weighted by molar-refractivity contribution is -0.122. The first-order valence-electron chi connectivity index (χ1n) is 11.0. The molecule has 0 aliphatic carbocycles. The molecule has 8 nitrogen and oxygen atoms in total. The maximum atomic E-state index is 13.1. The third-order valence-electron chi connectivity index (χ3n) is 6.09. The number of amides is 1. The van der Waals surface area contributed by atoms with Gasteiger partial charge in [-0.05, 0) is 51.5 Å². The summed E-state index contributed by atoms with van der Waals surface area (Å²) in [7, 11) is 1.93. The molecule has 32 heavy (non-hydrogen) atoms. The summed E-state index contributed by atoms with van der Waals surface area (Å²) in [5, 5.41) is 16.9. The molecular weight excluding hydrogens is 406 g/mol. The van der Waals surface area contributed by atoms with Crippen molar-refractivity contribution in [3.8, 4) is 0 Å². The van der Waals surface area contributed by atoms with Crippen LogP contribution in [0.5, 0.6) is 0 Å². The van der Waals surface area contributed by atoms with Crippen LogP contribution in [-0.4, -0.2) is 53.4 Å². The Morgan fingerprint density at radius 2 is 1.88 bits per heavy atom. The van der Waals surface area contributed by atoms with Crippen LogP contribution in [0.25, 0.3) is 0 Å². The van der Waals surface area contributed by atoms with E-state index < -0.39 is 5.41 Å². The molecule has 1 amide bonds. The van der Waals surface area contributed by atoms with Crippen LogP contribution in [0, 0.1) is 12.3 Å². The molecule has 1 aromatic heterocycles. The first kappa shape index (κ1) is 23.8. The Labute approximate surface area is 190 Å². The van der Waals surface area contributed by atoms with Gasteiger partial charge in [-0.15, -0.1) is 0 Å². The predicted molar refractivity (Wildman–Crippen MR) is 128 cm³/mol. The van der Waals surface area contributed by atoms with Gasteiger partial charge in [0, 0.05) is 36.9 Å². The summed E-state index contributed by atoms with van der Waals surface area (Å²) >= 11 is 0. The Balaban J connectivity index is 2.14. The van der Waals surface area contributed by atoms with Crippen LogP contribution in [0.4, 0.5) is 22.9 Å². The molecule has 0 saturated carbocycles. The molecule has 0 radical (unpaired) electrons.